The number of nitrogens with zero attached hydrogens (tertiary/aromatic N) is 2. The molecular weight excluding hydrogens is 294 g/mol. The molecule has 0 radical (unpaired) electrons. The van der Waals surface area contributed by atoms with Gasteiger partial charge in [-0.25, -0.2) is 18.2 Å². The Morgan fingerprint density at radius 1 is 1.53 bits per heavy atom. The Balaban J connectivity index is 2.38. The molecule has 0 aliphatic carbocycles. The summed E-state index contributed by atoms with van der Waals surface area (Å²) < 4.78 is 25.3. The van der Waals surface area contributed by atoms with Gasteiger partial charge in [-0.05, 0) is 6.42 Å². The van der Waals surface area contributed by atoms with Gasteiger partial charge in [-0.1, -0.05) is 0 Å². The summed E-state index contributed by atoms with van der Waals surface area (Å²) >= 11 is 0.733. The number of carboxylic acids is 1. The third-order valence-corrected chi connectivity index (χ3v) is 5.73. The van der Waals surface area contributed by atoms with E-state index in [1.54, 1.807) is 0 Å². The first kappa shape index (κ1) is 13.9. The third kappa shape index (κ3) is 2.74. The Morgan fingerprint density at radius 2 is 2.26 bits per heavy atom. The van der Waals surface area contributed by atoms with Crippen molar-refractivity contribution in [2.75, 3.05) is 19.6 Å². The van der Waals surface area contributed by atoms with Crippen LogP contribution in [0.15, 0.2) is 9.72 Å². The van der Waals surface area contributed by atoms with E-state index in [-0.39, 0.29) is 17.3 Å². The Morgan fingerprint density at radius 3 is 2.95 bits per heavy atom. The van der Waals surface area contributed by atoms with Crippen molar-refractivity contribution in [1.82, 2.24) is 14.6 Å². The van der Waals surface area contributed by atoms with Gasteiger partial charge in [0.25, 0.3) is 10.0 Å². The van der Waals surface area contributed by atoms with Gasteiger partial charge >= 0.3 is 5.97 Å². The van der Waals surface area contributed by atoms with E-state index in [0.29, 0.717) is 13.0 Å². The molecule has 2 N–H and O–H groups in total. The quantitative estimate of drug-likeness (QED) is 0.766. The molecule has 1 aliphatic heterocycles. The summed E-state index contributed by atoms with van der Waals surface area (Å²) in [6, 6.07) is 0. The molecule has 10 heteroatoms. The molecule has 2 rings (SSSR count). The van der Waals surface area contributed by atoms with E-state index >= 15 is 0 Å². The fourth-order valence-electron chi connectivity index (χ4n) is 1.66. The smallest absolute Gasteiger partial charge is 0.356 e. The molecule has 19 heavy (non-hydrogen) atoms. The minimum atomic E-state index is -4.00. The monoisotopic (exact) mass is 305 g/mol. The number of carbonyl (C=O) groups is 2. The lowest BCUT2D eigenvalue weighted by atomic mass is 10.4. The molecule has 0 spiro atoms. The molecule has 1 fully saturated rings. The number of rotatable bonds is 3. The second kappa shape index (κ2) is 5.23. The number of sulfonamides is 1. The molecule has 0 bridgehead atoms. The number of carboxylic acid groups (broad SMARTS) is 1. The number of amides is 1. The van der Waals surface area contributed by atoms with E-state index in [1.807, 2.05) is 0 Å². The van der Waals surface area contributed by atoms with Crippen molar-refractivity contribution in [2.24, 2.45) is 0 Å². The van der Waals surface area contributed by atoms with Crippen LogP contribution in [0.2, 0.25) is 0 Å². The molecule has 104 valence electrons. The lowest BCUT2D eigenvalue weighted by Gasteiger charge is -2.17. The number of hydrogen-bond donors (Lipinski definition) is 2. The van der Waals surface area contributed by atoms with Gasteiger partial charge in [-0.3, -0.25) is 4.79 Å². The molecule has 2 heterocycles. The van der Waals surface area contributed by atoms with Gasteiger partial charge in [-0.2, -0.15) is 4.31 Å². The molecule has 8 nitrogen and oxygen atoms in total. The number of carbonyl (C=O) groups excluding carboxylic acids is 1. The van der Waals surface area contributed by atoms with Gasteiger partial charge in [0.2, 0.25) is 5.91 Å². The summed E-state index contributed by atoms with van der Waals surface area (Å²) in [6.07, 6.45) is 0.478. The Kier molecular flexibility index (Phi) is 3.83. The zero-order valence-corrected chi connectivity index (χ0v) is 11.3. The summed E-state index contributed by atoms with van der Waals surface area (Å²) in [6.45, 7) is 0.261. The largest absolute Gasteiger partial charge is 0.476 e. The van der Waals surface area contributed by atoms with E-state index in [1.165, 1.54) is 0 Å². The minimum Gasteiger partial charge on any atom is -0.476 e. The maximum Gasteiger partial charge on any atom is 0.356 e. The molecular formula is C9H11N3O5S2. The number of thiazole rings is 1. The highest BCUT2D eigenvalue weighted by Gasteiger charge is 2.33. The number of aromatic carboxylic acids is 1. The van der Waals surface area contributed by atoms with Crippen LogP contribution in [-0.4, -0.2) is 54.3 Å². The minimum absolute atomic E-state index is 0.165. The van der Waals surface area contributed by atoms with Crippen LogP contribution >= 0.6 is 11.3 Å². The van der Waals surface area contributed by atoms with Crippen LogP contribution in [0.1, 0.15) is 16.9 Å². The summed E-state index contributed by atoms with van der Waals surface area (Å²) in [7, 11) is -4.00. The van der Waals surface area contributed by atoms with Crippen molar-refractivity contribution in [3.05, 3.63) is 11.2 Å². The molecule has 0 saturated carbocycles. The van der Waals surface area contributed by atoms with Gasteiger partial charge in [0.1, 0.15) is 0 Å². The molecule has 0 unspecified atom stereocenters. The topological polar surface area (TPSA) is 117 Å². The average molecular weight is 305 g/mol. The standard InChI is InChI=1S/C9H11N3O5S2/c13-6-4-12(3-1-2-10-6)19(16,17)9-7(8(14)15)11-5-18-9/h5H,1-4H2,(H,10,13)(H,14,15). The normalized spacial score (nSPS) is 17.8. The van der Waals surface area contributed by atoms with Crippen LogP contribution in [0, 0.1) is 0 Å². The van der Waals surface area contributed by atoms with Crippen LogP contribution < -0.4 is 5.32 Å². The van der Waals surface area contributed by atoms with E-state index in [9.17, 15) is 18.0 Å². The third-order valence-electron chi connectivity index (χ3n) is 2.54. The molecule has 1 amide bonds. The van der Waals surface area contributed by atoms with Crippen molar-refractivity contribution < 1.29 is 23.1 Å². The van der Waals surface area contributed by atoms with Crippen molar-refractivity contribution in [3.63, 3.8) is 0 Å². The first-order valence-corrected chi connectivity index (χ1v) is 7.68. The molecule has 1 aliphatic rings. The highest BCUT2D eigenvalue weighted by atomic mass is 32.2. The Bertz CT molecular complexity index is 609. The lowest BCUT2D eigenvalue weighted by Crippen LogP contribution is -2.37. The maximum atomic E-state index is 12.3. The molecule has 1 aromatic heterocycles. The van der Waals surface area contributed by atoms with E-state index in [2.05, 4.69) is 10.3 Å². The fraction of sp³-hybridized carbons (Fsp3) is 0.444. The zero-order chi connectivity index (χ0) is 14.0. The van der Waals surface area contributed by atoms with Crippen LogP contribution in [0.3, 0.4) is 0 Å². The number of aromatic nitrogens is 1. The van der Waals surface area contributed by atoms with E-state index in [4.69, 9.17) is 5.11 Å². The van der Waals surface area contributed by atoms with Crippen molar-refractivity contribution in [1.29, 1.82) is 0 Å². The second-order valence-corrected chi connectivity index (χ2v) is 6.82. The van der Waals surface area contributed by atoms with Crippen LogP contribution in [-0.2, 0) is 14.8 Å². The van der Waals surface area contributed by atoms with Crippen LogP contribution in [0.4, 0.5) is 0 Å². The first-order chi connectivity index (χ1) is 8.93. The SMILES string of the molecule is O=C1CN(S(=O)(=O)c2scnc2C(=O)O)CCCN1. The Hall–Kier alpha value is -1.52. The van der Waals surface area contributed by atoms with Gasteiger partial charge in [-0.15, -0.1) is 11.3 Å². The zero-order valence-electron chi connectivity index (χ0n) is 9.70. The second-order valence-electron chi connectivity index (χ2n) is 3.84. The van der Waals surface area contributed by atoms with Gasteiger partial charge in [0.05, 0.1) is 12.1 Å². The maximum absolute atomic E-state index is 12.3. The van der Waals surface area contributed by atoms with Crippen molar-refractivity contribution >= 4 is 33.2 Å². The van der Waals surface area contributed by atoms with E-state index in [0.717, 1.165) is 21.2 Å². The average Bonchev–Trinajstić information content (AvgIpc) is 2.73. The van der Waals surface area contributed by atoms with Crippen LogP contribution in [0.25, 0.3) is 0 Å². The Labute approximate surface area is 113 Å². The highest BCUT2D eigenvalue weighted by Crippen LogP contribution is 2.24. The van der Waals surface area contributed by atoms with Gasteiger partial charge < -0.3 is 10.4 Å². The lowest BCUT2D eigenvalue weighted by molar-refractivity contribution is -0.120. The number of nitrogens with one attached hydrogen (secondary N) is 1. The fourth-order valence-corrected chi connectivity index (χ4v) is 4.37. The number of hydrogen-bond acceptors (Lipinski definition) is 6. The molecule has 1 aromatic rings. The highest BCUT2D eigenvalue weighted by molar-refractivity contribution is 7.91. The van der Waals surface area contributed by atoms with E-state index < -0.39 is 27.6 Å². The summed E-state index contributed by atoms with van der Waals surface area (Å²) in [5.74, 6) is -1.80. The van der Waals surface area contributed by atoms with Crippen molar-refractivity contribution in [3.8, 4) is 0 Å². The first-order valence-electron chi connectivity index (χ1n) is 5.36. The summed E-state index contributed by atoms with van der Waals surface area (Å²) in [5, 5.41) is 11.5. The predicted octanol–water partition coefficient (Wildman–Crippen LogP) is -0.648. The molecule has 0 atom stereocenters. The van der Waals surface area contributed by atoms with Crippen molar-refractivity contribution in [2.45, 2.75) is 10.6 Å². The predicted molar refractivity (Wildman–Crippen MR) is 65.5 cm³/mol. The molecule has 0 aromatic carbocycles. The summed E-state index contributed by atoms with van der Waals surface area (Å²) in [5.41, 5.74) is 0.656. The van der Waals surface area contributed by atoms with Gasteiger partial charge in [0, 0.05) is 13.1 Å². The molecule has 1 saturated heterocycles. The van der Waals surface area contributed by atoms with Crippen LogP contribution in [0.5, 0.6) is 0 Å². The van der Waals surface area contributed by atoms with Gasteiger partial charge in [0.15, 0.2) is 9.90 Å². The summed E-state index contributed by atoms with van der Waals surface area (Å²) in [4.78, 5) is 25.8.